The summed E-state index contributed by atoms with van der Waals surface area (Å²) in [6.45, 7) is 4.65. The van der Waals surface area contributed by atoms with E-state index < -0.39 is 0 Å². The third-order valence-electron chi connectivity index (χ3n) is 5.93. The molecule has 3 aromatic rings. The van der Waals surface area contributed by atoms with Crippen LogP contribution in [-0.2, 0) is 11.2 Å². The smallest absolute Gasteiger partial charge is 0.190 e. The molecule has 0 aliphatic carbocycles. The van der Waals surface area contributed by atoms with Crippen LogP contribution >= 0.6 is 24.0 Å². The van der Waals surface area contributed by atoms with Gasteiger partial charge in [0.15, 0.2) is 5.96 Å². The zero-order valence-corrected chi connectivity index (χ0v) is 21.3. The number of fused-ring (bicyclic) bond motifs is 1. The number of para-hydroxylation sites is 2. The van der Waals surface area contributed by atoms with Gasteiger partial charge in [0.2, 0.25) is 0 Å². The molecular weight excluding hydrogens is 513 g/mol. The second kappa shape index (κ2) is 12.2. The van der Waals surface area contributed by atoms with E-state index in [1.807, 2.05) is 25.2 Å². The number of aromatic amines is 1. The number of hydrogen-bond donors (Lipinski definition) is 3. The van der Waals surface area contributed by atoms with Crippen LogP contribution in [0.25, 0.3) is 11.0 Å². The average Bonchev–Trinajstić information content (AvgIpc) is 3.22. The van der Waals surface area contributed by atoms with Crippen molar-refractivity contribution >= 4 is 41.0 Å². The van der Waals surface area contributed by atoms with Crippen LogP contribution in [-0.4, -0.2) is 42.7 Å². The van der Waals surface area contributed by atoms with Crippen molar-refractivity contribution < 1.29 is 4.74 Å². The number of aryl methyl sites for hydroxylation is 2. The first-order valence-corrected chi connectivity index (χ1v) is 11.3. The highest BCUT2D eigenvalue weighted by Crippen LogP contribution is 2.33. The second-order valence-corrected chi connectivity index (χ2v) is 8.29. The molecule has 2 atom stereocenters. The molecule has 0 saturated carbocycles. The lowest BCUT2D eigenvalue weighted by atomic mass is 9.89. The van der Waals surface area contributed by atoms with E-state index in [0.29, 0.717) is 5.92 Å². The number of nitrogens with zero attached hydrogens (tertiary/aromatic N) is 2. The third kappa shape index (κ3) is 6.45. The van der Waals surface area contributed by atoms with E-state index in [1.165, 1.54) is 11.1 Å². The van der Waals surface area contributed by atoms with E-state index in [1.54, 1.807) is 0 Å². The molecule has 2 unspecified atom stereocenters. The minimum Gasteiger partial charge on any atom is -0.373 e. The molecule has 3 N–H and O–H groups in total. The number of aromatic nitrogens is 2. The highest BCUT2D eigenvalue weighted by atomic mass is 127. The molecule has 1 fully saturated rings. The molecule has 1 aliphatic rings. The molecule has 4 rings (SSSR count). The zero-order chi connectivity index (χ0) is 21.5. The van der Waals surface area contributed by atoms with Crippen LogP contribution in [0.3, 0.4) is 0 Å². The zero-order valence-electron chi connectivity index (χ0n) is 18.9. The van der Waals surface area contributed by atoms with Crippen molar-refractivity contribution in [1.29, 1.82) is 0 Å². The number of rotatable bonds is 7. The summed E-state index contributed by atoms with van der Waals surface area (Å²) in [6.07, 6.45) is 4.31. The van der Waals surface area contributed by atoms with Gasteiger partial charge in [-0.2, -0.15) is 0 Å². The number of halogens is 1. The minimum atomic E-state index is 0. The van der Waals surface area contributed by atoms with E-state index in [9.17, 15) is 0 Å². The fraction of sp³-hybridized carbons (Fsp3) is 0.440. The second-order valence-electron chi connectivity index (χ2n) is 8.29. The van der Waals surface area contributed by atoms with Gasteiger partial charge < -0.3 is 20.4 Å². The lowest BCUT2D eigenvalue weighted by Crippen LogP contribution is -2.42. The number of benzene rings is 2. The monoisotopic (exact) mass is 547 g/mol. The Kier molecular flexibility index (Phi) is 9.35. The summed E-state index contributed by atoms with van der Waals surface area (Å²) in [5.74, 6) is 2.31. The maximum absolute atomic E-state index is 6.14. The molecule has 0 bridgehead atoms. The first-order valence-electron chi connectivity index (χ1n) is 11.3. The molecule has 172 valence electrons. The van der Waals surface area contributed by atoms with Gasteiger partial charge in [0, 0.05) is 39.1 Å². The van der Waals surface area contributed by atoms with Gasteiger partial charge in [-0.15, -0.1) is 24.0 Å². The Labute approximate surface area is 207 Å². The van der Waals surface area contributed by atoms with E-state index >= 15 is 0 Å². The summed E-state index contributed by atoms with van der Waals surface area (Å²) < 4.78 is 6.14. The van der Waals surface area contributed by atoms with Crippen molar-refractivity contribution in [3.05, 3.63) is 65.5 Å². The molecular formula is C25H34IN5O. The first kappa shape index (κ1) is 24.5. The molecule has 0 spiro atoms. The van der Waals surface area contributed by atoms with Crippen molar-refractivity contribution in [1.82, 2.24) is 20.6 Å². The third-order valence-corrected chi connectivity index (χ3v) is 5.93. The van der Waals surface area contributed by atoms with E-state index in [-0.39, 0.29) is 30.1 Å². The molecule has 1 aromatic heterocycles. The topological polar surface area (TPSA) is 74.3 Å². The van der Waals surface area contributed by atoms with Gasteiger partial charge in [-0.05, 0) is 43.9 Å². The standard InChI is InChI=1S/C25H33N5O.HI/c1-18-11-13-19(14-12-18)24-20(7-6-16-31-24)17-28-25(26-2)27-15-5-10-23-29-21-8-3-4-9-22(21)30-23;/h3-4,8-9,11-14,20,24H,5-7,10,15-17H2,1-2H3,(H,29,30)(H2,26,27,28);1H. The molecule has 1 aliphatic heterocycles. The van der Waals surface area contributed by atoms with Crippen molar-refractivity contribution in [2.24, 2.45) is 10.9 Å². The van der Waals surface area contributed by atoms with Crippen molar-refractivity contribution in [3.8, 4) is 0 Å². The summed E-state index contributed by atoms with van der Waals surface area (Å²) in [5, 5.41) is 6.94. The normalized spacial score (nSPS) is 18.9. The number of H-pyrrole nitrogens is 1. The van der Waals surface area contributed by atoms with Gasteiger partial charge in [0.05, 0.1) is 17.1 Å². The Balaban J connectivity index is 0.00000289. The number of nitrogens with one attached hydrogen (secondary N) is 3. The summed E-state index contributed by atoms with van der Waals surface area (Å²) in [5.41, 5.74) is 4.67. The minimum absolute atomic E-state index is 0. The van der Waals surface area contributed by atoms with E-state index in [2.05, 4.69) is 62.8 Å². The Morgan fingerprint density at radius 3 is 2.75 bits per heavy atom. The van der Waals surface area contributed by atoms with Crippen molar-refractivity contribution in [2.45, 2.75) is 38.7 Å². The Hall–Kier alpha value is -2.13. The number of hydrogen-bond acceptors (Lipinski definition) is 3. The Morgan fingerprint density at radius 2 is 1.97 bits per heavy atom. The van der Waals surface area contributed by atoms with Crippen molar-refractivity contribution in [2.75, 3.05) is 26.7 Å². The largest absolute Gasteiger partial charge is 0.373 e. The fourth-order valence-electron chi connectivity index (χ4n) is 4.21. The van der Waals surface area contributed by atoms with Crippen LogP contribution < -0.4 is 10.6 Å². The number of guanidine groups is 1. The number of ether oxygens (including phenoxy) is 1. The molecule has 2 aromatic carbocycles. The lowest BCUT2D eigenvalue weighted by Gasteiger charge is -2.32. The van der Waals surface area contributed by atoms with Gasteiger partial charge in [-0.3, -0.25) is 4.99 Å². The summed E-state index contributed by atoms with van der Waals surface area (Å²) in [6, 6.07) is 16.9. The van der Waals surface area contributed by atoms with Crippen LogP contribution in [0.5, 0.6) is 0 Å². The molecule has 1 saturated heterocycles. The van der Waals surface area contributed by atoms with E-state index in [0.717, 1.165) is 68.2 Å². The Bertz CT molecular complexity index is 968. The highest BCUT2D eigenvalue weighted by molar-refractivity contribution is 14.0. The van der Waals surface area contributed by atoms with Gasteiger partial charge in [-0.25, -0.2) is 4.98 Å². The number of imidazole rings is 1. The van der Waals surface area contributed by atoms with Crippen LogP contribution in [0.1, 0.15) is 42.3 Å². The van der Waals surface area contributed by atoms with Crippen LogP contribution in [0, 0.1) is 12.8 Å². The van der Waals surface area contributed by atoms with Gasteiger partial charge in [-0.1, -0.05) is 42.0 Å². The molecule has 6 nitrogen and oxygen atoms in total. The van der Waals surface area contributed by atoms with Gasteiger partial charge in [0.25, 0.3) is 0 Å². The predicted octanol–water partition coefficient (Wildman–Crippen LogP) is 4.75. The lowest BCUT2D eigenvalue weighted by molar-refractivity contribution is -0.0265. The first-order chi connectivity index (χ1) is 15.2. The predicted molar refractivity (Wildman–Crippen MR) is 142 cm³/mol. The molecule has 32 heavy (non-hydrogen) atoms. The van der Waals surface area contributed by atoms with Crippen molar-refractivity contribution in [3.63, 3.8) is 0 Å². The van der Waals surface area contributed by atoms with Gasteiger partial charge in [0.1, 0.15) is 5.82 Å². The van der Waals surface area contributed by atoms with Gasteiger partial charge >= 0.3 is 0 Å². The average molecular weight is 547 g/mol. The fourth-order valence-corrected chi connectivity index (χ4v) is 4.21. The molecule has 0 amide bonds. The number of aliphatic imine (C=N–C) groups is 1. The highest BCUT2D eigenvalue weighted by Gasteiger charge is 2.27. The van der Waals surface area contributed by atoms with Crippen LogP contribution in [0.4, 0.5) is 0 Å². The molecule has 2 heterocycles. The molecule has 0 radical (unpaired) electrons. The van der Waals surface area contributed by atoms with Crippen LogP contribution in [0.15, 0.2) is 53.5 Å². The summed E-state index contributed by atoms with van der Waals surface area (Å²) >= 11 is 0. The molecule has 7 heteroatoms. The SMILES string of the molecule is CN=C(NCCCc1nc2ccccc2[nH]1)NCC1CCCOC1c1ccc(C)cc1.I. The van der Waals surface area contributed by atoms with Crippen LogP contribution in [0.2, 0.25) is 0 Å². The Morgan fingerprint density at radius 1 is 1.16 bits per heavy atom. The maximum atomic E-state index is 6.14. The van der Waals surface area contributed by atoms with E-state index in [4.69, 9.17) is 4.74 Å². The quantitative estimate of drug-likeness (QED) is 0.173. The summed E-state index contributed by atoms with van der Waals surface area (Å²) in [4.78, 5) is 12.4. The summed E-state index contributed by atoms with van der Waals surface area (Å²) in [7, 11) is 1.82. The maximum Gasteiger partial charge on any atom is 0.190 e.